The monoisotopic (exact) mass is 240 g/mol. The van der Waals surface area contributed by atoms with Crippen LogP contribution in [-0.4, -0.2) is 0 Å². The van der Waals surface area contributed by atoms with Crippen LogP contribution < -0.4 is 0 Å². The molecule has 0 bridgehead atoms. The Kier molecular flexibility index (Phi) is 2.53. The van der Waals surface area contributed by atoms with Gasteiger partial charge in [-0.25, -0.2) is 0 Å². The molecule has 1 aliphatic rings. The first-order valence-corrected chi connectivity index (χ1v) is 6.16. The summed E-state index contributed by atoms with van der Waals surface area (Å²) >= 11 is 6.08. The second-order valence-corrected chi connectivity index (χ2v) is 4.94. The van der Waals surface area contributed by atoms with E-state index in [1.807, 2.05) is 12.1 Å². The van der Waals surface area contributed by atoms with Crippen molar-refractivity contribution in [2.24, 2.45) is 0 Å². The molecule has 0 heterocycles. The van der Waals surface area contributed by atoms with E-state index in [1.54, 1.807) is 0 Å². The Hall–Kier alpha value is -1.53. The molecule has 0 N–H and O–H groups in total. The van der Waals surface area contributed by atoms with Gasteiger partial charge < -0.3 is 0 Å². The molecule has 2 aromatic rings. The Morgan fingerprint density at radius 3 is 2.65 bits per heavy atom. The van der Waals surface area contributed by atoms with Gasteiger partial charge in [0.1, 0.15) is 0 Å². The van der Waals surface area contributed by atoms with E-state index < -0.39 is 0 Å². The molecule has 0 nitrogen and oxygen atoms in total. The molecule has 1 atom stereocenters. The summed E-state index contributed by atoms with van der Waals surface area (Å²) in [5.41, 5.74) is 5.37. The molecule has 17 heavy (non-hydrogen) atoms. The fourth-order valence-corrected chi connectivity index (χ4v) is 2.81. The van der Waals surface area contributed by atoms with E-state index in [9.17, 15) is 0 Å². The zero-order chi connectivity index (χ0) is 11.8. The van der Waals surface area contributed by atoms with Crippen molar-refractivity contribution < 1.29 is 0 Å². The lowest BCUT2D eigenvalue weighted by atomic mass is 9.89. The van der Waals surface area contributed by atoms with E-state index in [0.717, 1.165) is 5.02 Å². The second-order valence-electron chi connectivity index (χ2n) is 4.51. The van der Waals surface area contributed by atoms with E-state index in [1.165, 1.54) is 22.3 Å². The summed E-state index contributed by atoms with van der Waals surface area (Å²) in [5.74, 6) is 0.366. The Morgan fingerprint density at radius 2 is 1.82 bits per heavy atom. The summed E-state index contributed by atoms with van der Waals surface area (Å²) < 4.78 is 0. The number of rotatable bonds is 1. The third-order valence-electron chi connectivity index (χ3n) is 3.33. The fourth-order valence-electron chi connectivity index (χ4n) is 2.61. The summed E-state index contributed by atoms with van der Waals surface area (Å²) in [5, 5.41) is 0.805. The van der Waals surface area contributed by atoms with Gasteiger partial charge >= 0.3 is 0 Å². The lowest BCUT2D eigenvalue weighted by molar-refractivity contribution is 0.977. The SMILES string of the molecule is CC1=Cc2ccccc2C1c1cccc(Cl)c1. The number of hydrogen-bond acceptors (Lipinski definition) is 0. The predicted molar refractivity (Wildman–Crippen MR) is 73.4 cm³/mol. The topological polar surface area (TPSA) is 0 Å². The first kappa shape index (κ1) is 10.6. The molecule has 0 aliphatic heterocycles. The number of fused-ring (bicyclic) bond motifs is 1. The number of benzene rings is 2. The Labute approximate surface area is 107 Å². The highest BCUT2D eigenvalue weighted by Crippen LogP contribution is 2.40. The van der Waals surface area contributed by atoms with Crippen LogP contribution in [0.5, 0.6) is 0 Å². The Balaban J connectivity index is 2.14. The largest absolute Gasteiger partial charge is 0.0843 e. The minimum Gasteiger partial charge on any atom is -0.0843 e. The van der Waals surface area contributed by atoms with Gasteiger partial charge in [-0.15, -0.1) is 0 Å². The van der Waals surface area contributed by atoms with Crippen LogP contribution in [0.15, 0.2) is 54.1 Å². The standard InChI is InChI=1S/C16H13Cl/c1-11-9-12-5-2-3-8-15(12)16(11)13-6-4-7-14(17)10-13/h2-10,16H,1H3. The van der Waals surface area contributed by atoms with Gasteiger partial charge in [0, 0.05) is 10.9 Å². The van der Waals surface area contributed by atoms with Crippen molar-refractivity contribution in [3.05, 3.63) is 75.8 Å². The zero-order valence-electron chi connectivity index (χ0n) is 9.65. The minimum absolute atomic E-state index is 0.366. The zero-order valence-corrected chi connectivity index (χ0v) is 10.4. The molecule has 3 rings (SSSR count). The molecule has 0 radical (unpaired) electrons. The smallest absolute Gasteiger partial charge is 0.0409 e. The van der Waals surface area contributed by atoms with Crippen molar-refractivity contribution in [2.75, 3.05) is 0 Å². The van der Waals surface area contributed by atoms with Gasteiger partial charge in [-0.05, 0) is 35.7 Å². The molecule has 1 unspecified atom stereocenters. The molecule has 1 aliphatic carbocycles. The summed E-state index contributed by atoms with van der Waals surface area (Å²) in [6, 6.07) is 16.7. The molecule has 0 saturated heterocycles. The van der Waals surface area contributed by atoms with E-state index in [0.29, 0.717) is 5.92 Å². The molecule has 2 aromatic carbocycles. The van der Waals surface area contributed by atoms with Crippen LogP contribution in [0.2, 0.25) is 5.02 Å². The van der Waals surface area contributed by atoms with Gasteiger partial charge in [-0.3, -0.25) is 0 Å². The number of allylic oxidation sites excluding steroid dienone is 1. The average Bonchev–Trinajstić information content (AvgIpc) is 2.64. The van der Waals surface area contributed by atoms with Crippen LogP contribution in [0.3, 0.4) is 0 Å². The first-order chi connectivity index (χ1) is 8.25. The van der Waals surface area contributed by atoms with Crippen molar-refractivity contribution in [1.29, 1.82) is 0 Å². The van der Waals surface area contributed by atoms with Crippen molar-refractivity contribution in [2.45, 2.75) is 12.8 Å². The van der Waals surface area contributed by atoms with Crippen molar-refractivity contribution in [1.82, 2.24) is 0 Å². The van der Waals surface area contributed by atoms with Gasteiger partial charge in [-0.1, -0.05) is 59.6 Å². The van der Waals surface area contributed by atoms with E-state index in [2.05, 4.69) is 49.4 Å². The number of halogens is 1. The van der Waals surface area contributed by atoms with Gasteiger partial charge in [0.2, 0.25) is 0 Å². The van der Waals surface area contributed by atoms with E-state index in [-0.39, 0.29) is 0 Å². The van der Waals surface area contributed by atoms with Crippen LogP contribution in [0, 0.1) is 0 Å². The van der Waals surface area contributed by atoms with Crippen LogP contribution in [0.25, 0.3) is 6.08 Å². The predicted octanol–water partition coefficient (Wildman–Crippen LogP) is 4.89. The number of hydrogen-bond donors (Lipinski definition) is 0. The summed E-state index contributed by atoms with van der Waals surface area (Å²) in [7, 11) is 0. The van der Waals surface area contributed by atoms with Gasteiger partial charge in [0.05, 0.1) is 0 Å². The van der Waals surface area contributed by atoms with E-state index in [4.69, 9.17) is 11.6 Å². The van der Waals surface area contributed by atoms with Crippen molar-refractivity contribution in [3.8, 4) is 0 Å². The Morgan fingerprint density at radius 1 is 1.00 bits per heavy atom. The van der Waals surface area contributed by atoms with Crippen LogP contribution in [0.4, 0.5) is 0 Å². The van der Waals surface area contributed by atoms with Crippen molar-refractivity contribution >= 4 is 17.7 Å². The minimum atomic E-state index is 0.366. The highest BCUT2D eigenvalue weighted by Gasteiger charge is 2.23. The first-order valence-electron chi connectivity index (χ1n) is 5.78. The maximum Gasteiger partial charge on any atom is 0.0409 e. The molecule has 84 valence electrons. The summed E-state index contributed by atoms with van der Waals surface area (Å²) in [4.78, 5) is 0. The van der Waals surface area contributed by atoms with E-state index >= 15 is 0 Å². The van der Waals surface area contributed by atoms with Crippen LogP contribution in [-0.2, 0) is 0 Å². The van der Waals surface area contributed by atoms with Crippen molar-refractivity contribution in [3.63, 3.8) is 0 Å². The molecule has 0 saturated carbocycles. The second kappa shape index (κ2) is 4.05. The highest BCUT2D eigenvalue weighted by molar-refractivity contribution is 6.30. The highest BCUT2D eigenvalue weighted by atomic mass is 35.5. The maximum absolute atomic E-state index is 6.08. The summed E-state index contributed by atoms with van der Waals surface area (Å²) in [6.07, 6.45) is 2.26. The third kappa shape index (κ3) is 1.79. The lowest BCUT2D eigenvalue weighted by Gasteiger charge is -2.15. The molecular formula is C16H13Cl. The average molecular weight is 241 g/mol. The normalized spacial score (nSPS) is 17.8. The van der Waals surface area contributed by atoms with Gasteiger partial charge in [0.25, 0.3) is 0 Å². The molecule has 0 aromatic heterocycles. The molecular weight excluding hydrogens is 228 g/mol. The molecule has 0 amide bonds. The lowest BCUT2D eigenvalue weighted by Crippen LogP contribution is -1.99. The molecule has 0 fully saturated rings. The Bertz CT molecular complexity index is 596. The quantitative estimate of drug-likeness (QED) is 0.666. The molecule has 1 heteroatoms. The fraction of sp³-hybridized carbons (Fsp3) is 0.125. The van der Waals surface area contributed by atoms with Gasteiger partial charge in [-0.2, -0.15) is 0 Å². The van der Waals surface area contributed by atoms with Crippen LogP contribution in [0.1, 0.15) is 29.5 Å². The summed E-state index contributed by atoms with van der Waals surface area (Å²) in [6.45, 7) is 2.19. The van der Waals surface area contributed by atoms with Gasteiger partial charge in [0.15, 0.2) is 0 Å². The van der Waals surface area contributed by atoms with Crippen LogP contribution >= 0.6 is 11.6 Å². The third-order valence-corrected chi connectivity index (χ3v) is 3.56. The molecule has 0 spiro atoms. The maximum atomic E-state index is 6.08.